The summed E-state index contributed by atoms with van der Waals surface area (Å²) < 4.78 is 5.38. The molecule has 0 saturated carbocycles. The molecule has 1 unspecified atom stereocenters. The number of carbonyl (C=O) groups is 1. The first-order chi connectivity index (χ1) is 8.06. The Hall–Kier alpha value is -1.14. The van der Waals surface area contributed by atoms with Crippen molar-refractivity contribution >= 4 is 22.3 Å². The number of thiazole rings is 1. The second-order valence-electron chi connectivity index (χ2n) is 3.99. The van der Waals surface area contributed by atoms with Crippen molar-refractivity contribution in [3.05, 3.63) is 11.2 Å². The van der Waals surface area contributed by atoms with Gasteiger partial charge in [-0.1, -0.05) is 13.8 Å². The van der Waals surface area contributed by atoms with Gasteiger partial charge in [0.2, 0.25) is 0 Å². The van der Waals surface area contributed by atoms with Crippen LogP contribution in [0.1, 0.15) is 31.3 Å². The van der Waals surface area contributed by atoms with Crippen molar-refractivity contribution in [2.24, 2.45) is 5.92 Å². The van der Waals surface area contributed by atoms with E-state index in [4.69, 9.17) is 9.84 Å². The first-order valence-corrected chi connectivity index (χ1v) is 6.45. The number of carboxylic acids is 1. The van der Waals surface area contributed by atoms with Crippen molar-refractivity contribution in [2.45, 2.75) is 26.8 Å². The summed E-state index contributed by atoms with van der Waals surface area (Å²) in [5.41, 5.74) is 1.61. The topological polar surface area (TPSA) is 71.5 Å². The lowest BCUT2D eigenvalue weighted by atomic mass is 10.1. The molecule has 0 aromatic carbocycles. The first kappa shape index (κ1) is 13.9. The number of aromatic nitrogens is 1. The van der Waals surface area contributed by atoms with Crippen LogP contribution in [0.2, 0.25) is 0 Å². The summed E-state index contributed by atoms with van der Waals surface area (Å²) in [6.07, 6.45) is 0. The quantitative estimate of drug-likeness (QED) is 0.785. The normalized spacial score (nSPS) is 12.7. The zero-order valence-electron chi connectivity index (χ0n) is 10.3. The Balaban J connectivity index is 2.71. The fourth-order valence-electron chi connectivity index (χ4n) is 1.31. The zero-order chi connectivity index (χ0) is 12.8. The number of aromatic carboxylic acids is 1. The molecule has 5 nitrogen and oxygen atoms in total. The molecule has 0 aliphatic heterocycles. The van der Waals surface area contributed by atoms with Gasteiger partial charge in [-0.05, 0) is 12.8 Å². The molecule has 17 heavy (non-hydrogen) atoms. The van der Waals surface area contributed by atoms with Crippen LogP contribution in [0.4, 0.5) is 5.00 Å². The second-order valence-corrected chi connectivity index (χ2v) is 4.84. The Morgan fingerprint density at radius 1 is 1.65 bits per heavy atom. The van der Waals surface area contributed by atoms with Crippen molar-refractivity contribution in [3.8, 4) is 0 Å². The summed E-state index contributed by atoms with van der Waals surface area (Å²) in [6, 6.07) is 0.0912. The summed E-state index contributed by atoms with van der Waals surface area (Å²) >= 11 is 1.30. The number of hydrogen-bond donors (Lipinski definition) is 2. The van der Waals surface area contributed by atoms with E-state index in [2.05, 4.69) is 24.1 Å². The maximum absolute atomic E-state index is 10.9. The number of hydrogen-bond acceptors (Lipinski definition) is 5. The molecule has 1 aromatic heterocycles. The number of nitrogens with zero attached hydrogens (tertiary/aromatic N) is 1. The molecule has 96 valence electrons. The van der Waals surface area contributed by atoms with E-state index in [1.165, 1.54) is 16.8 Å². The molecule has 1 rings (SSSR count). The Morgan fingerprint density at radius 3 is 2.88 bits per heavy atom. The SMILES string of the molecule is CCOCC(Nc1scnc1C(=O)O)C(C)C. The highest BCUT2D eigenvalue weighted by molar-refractivity contribution is 7.14. The molecule has 0 aliphatic carbocycles. The van der Waals surface area contributed by atoms with Gasteiger partial charge in [-0.2, -0.15) is 0 Å². The van der Waals surface area contributed by atoms with Crippen LogP contribution < -0.4 is 5.32 Å². The van der Waals surface area contributed by atoms with Crippen LogP contribution in [0.3, 0.4) is 0 Å². The van der Waals surface area contributed by atoms with Crippen LogP contribution in [0.5, 0.6) is 0 Å². The smallest absolute Gasteiger partial charge is 0.357 e. The highest BCUT2D eigenvalue weighted by Gasteiger charge is 2.19. The summed E-state index contributed by atoms with van der Waals surface area (Å²) in [5.74, 6) is -0.655. The average Bonchev–Trinajstić information content (AvgIpc) is 2.71. The molecule has 0 bridgehead atoms. The highest BCUT2D eigenvalue weighted by Crippen LogP contribution is 2.22. The molecule has 0 saturated heterocycles. The fraction of sp³-hybridized carbons (Fsp3) is 0.636. The molecule has 1 heterocycles. The van der Waals surface area contributed by atoms with Gasteiger partial charge in [0.25, 0.3) is 0 Å². The highest BCUT2D eigenvalue weighted by atomic mass is 32.1. The van der Waals surface area contributed by atoms with Gasteiger partial charge in [0, 0.05) is 6.61 Å². The third-order valence-electron chi connectivity index (χ3n) is 2.39. The summed E-state index contributed by atoms with van der Waals surface area (Å²) in [4.78, 5) is 14.7. The minimum absolute atomic E-state index is 0.0807. The van der Waals surface area contributed by atoms with E-state index in [9.17, 15) is 4.79 Å². The van der Waals surface area contributed by atoms with Crippen LogP contribution in [0, 0.1) is 5.92 Å². The molecule has 0 aliphatic rings. The van der Waals surface area contributed by atoms with E-state index >= 15 is 0 Å². The summed E-state index contributed by atoms with van der Waals surface area (Å²) in [7, 11) is 0. The number of carboxylic acid groups (broad SMARTS) is 1. The number of ether oxygens (including phenoxy) is 1. The molecule has 2 N–H and O–H groups in total. The van der Waals surface area contributed by atoms with E-state index < -0.39 is 5.97 Å². The minimum Gasteiger partial charge on any atom is -0.476 e. The standard InChI is InChI=1S/C11H18N2O3S/c1-4-16-5-8(7(2)3)13-10-9(11(14)15)12-6-17-10/h6-8,13H,4-5H2,1-3H3,(H,14,15). The minimum atomic E-state index is -1.01. The van der Waals surface area contributed by atoms with Crippen molar-refractivity contribution in [2.75, 3.05) is 18.5 Å². The summed E-state index contributed by atoms with van der Waals surface area (Å²) in [6.45, 7) is 7.29. The molecule has 0 amide bonds. The van der Waals surface area contributed by atoms with Crippen molar-refractivity contribution in [1.29, 1.82) is 0 Å². The van der Waals surface area contributed by atoms with E-state index in [0.717, 1.165) is 0 Å². The van der Waals surface area contributed by atoms with E-state index in [0.29, 0.717) is 24.1 Å². The molecule has 0 spiro atoms. The van der Waals surface area contributed by atoms with Crippen LogP contribution in [0.15, 0.2) is 5.51 Å². The fourth-order valence-corrected chi connectivity index (χ4v) is 2.05. The van der Waals surface area contributed by atoms with Gasteiger partial charge >= 0.3 is 5.97 Å². The lowest BCUT2D eigenvalue weighted by Crippen LogP contribution is -2.31. The van der Waals surface area contributed by atoms with Gasteiger partial charge in [0.15, 0.2) is 5.69 Å². The van der Waals surface area contributed by atoms with Crippen LogP contribution >= 0.6 is 11.3 Å². The van der Waals surface area contributed by atoms with Gasteiger partial charge in [0.05, 0.1) is 18.2 Å². The van der Waals surface area contributed by atoms with Crippen LogP contribution in [-0.4, -0.2) is 35.3 Å². The van der Waals surface area contributed by atoms with E-state index in [1.807, 2.05) is 6.92 Å². The third kappa shape index (κ3) is 3.98. The molecule has 0 fully saturated rings. The van der Waals surface area contributed by atoms with Gasteiger partial charge in [-0.3, -0.25) is 0 Å². The number of rotatable bonds is 7. The first-order valence-electron chi connectivity index (χ1n) is 5.57. The number of anilines is 1. The second kappa shape index (κ2) is 6.56. The monoisotopic (exact) mass is 258 g/mol. The van der Waals surface area contributed by atoms with E-state index in [1.54, 1.807) is 0 Å². The van der Waals surface area contributed by atoms with Crippen molar-refractivity contribution < 1.29 is 14.6 Å². The van der Waals surface area contributed by atoms with Crippen LogP contribution in [-0.2, 0) is 4.74 Å². The van der Waals surface area contributed by atoms with Gasteiger partial charge in [0.1, 0.15) is 5.00 Å². The van der Waals surface area contributed by atoms with Gasteiger partial charge in [-0.15, -0.1) is 11.3 Å². The maximum Gasteiger partial charge on any atom is 0.357 e. The van der Waals surface area contributed by atoms with Crippen molar-refractivity contribution in [3.63, 3.8) is 0 Å². The van der Waals surface area contributed by atoms with E-state index in [-0.39, 0.29) is 11.7 Å². The summed E-state index contributed by atoms with van der Waals surface area (Å²) in [5, 5.41) is 12.7. The zero-order valence-corrected chi connectivity index (χ0v) is 11.1. The molecule has 1 aromatic rings. The Kier molecular flexibility index (Phi) is 5.37. The molecule has 1 atom stereocenters. The Labute approximate surface area is 105 Å². The number of nitrogens with one attached hydrogen (secondary N) is 1. The van der Waals surface area contributed by atoms with Gasteiger partial charge in [-0.25, -0.2) is 9.78 Å². The Morgan fingerprint density at radius 2 is 2.35 bits per heavy atom. The largest absolute Gasteiger partial charge is 0.476 e. The average molecular weight is 258 g/mol. The van der Waals surface area contributed by atoms with Crippen molar-refractivity contribution in [1.82, 2.24) is 4.98 Å². The predicted molar refractivity (Wildman–Crippen MR) is 67.8 cm³/mol. The molecule has 0 radical (unpaired) electrons. The molecular formula is C11H18N2O3S. The molecule has 6 heteroatoms. The third-order valence-corrected chi connectivity index (χ3v) is 3.15. The van der Waals surface area contributed by atoms with Crippen LogP contribution in [0.25, 0.3) is 0 Å². The lowest BCUT2D eigenvalue weighted by Gasteiger charge is -2.22. The maximum atomic E-state index is 10.9. The van der Waals surface area contributed by atoms with Gasteiger partial charge < -0.3 is 15.2 Å². The Bertz CT molecular complexity index is 365. The lowest BCUT2D eigenvalue weighted by molar-refractivity contribution is 0.0692. The predicted octanol–water partition coefficient (Wildman–Crippen LogP) is 2.31. The molecular weight excluding hydrogens is 240 g/mol.